The number of methoxy groups -OCH3 is 2. The van der Waals surface area contributed by atoms with Crippen LogP contribution in [-0.2, 0) is 18.4 Å². The molecule has 270 valence electrons. The minimum Gasteiger partial charge on any atom is -0.494 e. The SMILES string of the molecule is CCCCOc1ccc(C2(c3cc4c5c(c3)CCCN5CCC4)C=Cc3c(cc(-c4ccc(Br)cc4)c4cc(OC)c(OC)cc34)O2)cc1.ClCCl. The Hall–Kier alpha value is -3.84. The maximum atomic E-state index is 7.47. The summed E-state index contributed by atoms with van der Waals surface area (Å²) in [5, 5.41) is 2.32. The number of alkyl halides is 2. The summed E-state index contributed by atoms with van der Waals surface area (Å²) in [5.41, 5.74) is 8.94. The predicted octanol–water partition coefficient (Wildman–Crippen LogP) is 11.9. The van der Waals surface area contributed by atoms with Crippen molar-refractivity contribution in [3.8, 4) is 34.1 Å². The Morgan fingerprint density at radius 1 is 0.808 bits per heavy atom. The zero-order chi connectivity index (χ0) is 36.2. The third kappa shape index (κ3) is 6.98. The van der Waals surface area contributed by atoms with Crippen LogP contribution in [-0.4, -0.2) is 39.3 Å². The summed E-state index contributed by atoms with van der Waals surface area (Å²) in [5.74, 6) is 3.10. The van der Waals surface area contributed by atoms with E-state index in [9.17, 15) is 0 Å². The molecule has 3 aliphatic rings. The quantitative estimate of drug-likeness (QED) is 0.110. The molecule has 8 rings (SSSR count). The monoisotopic (exact) mass is 799 g/mol. The van der Waals surface area contributed by atoms with E-state index in [4.69, 9.17) is 42.1 Å². The summed E-state index contributed by atoms with van der Waals surface area (Å²) in [6.45, 7) is 5.20. The van der Waals surface area contributed by atoms with Crippen LogP contribution in [0.2, 0.25) is 0 Å². The molecule has 52 heavy (non-hydrogen) atoms. The second-order valence-corrected chi connectivity index (χ2v) is 15.2. The first-order valence-corrected chi connectivity index (χ1v) is 19.9. The smallest absolute Gasteiger partial charge is 0.178 e. The van der Waals surface area contributed by atoms with Gasteiger partial charge in [-0.3, -0.25) is 0 Å². The van der Waals surface area contributed by atoms with Crippen LogP contribution in [0.3, 0.4) is 0 Å². The van der Waals surface area contributed by atoms with E-state index in [2.05, 4.69) is 119 Å². The van der Waals surface area contributed by atoms with Crippen molar-refractivity contribution in [3.63, 3.8) is 0 Å². The van der Waals surface area contributed by atoms with Gasteiger partial charge in [-0.25, -0.2) is 0 Å². The van der Waals surface area contributed by atoms with Crippen LogP contribution in [0.25, 0.3) is 28.0 Å². The van der Waals surface area contributed by atoms with E-state index in [1.807, 2.05) is 0 Å². The Balaban J connectivity index is 0.00000136. The van der Waals surface area contributed by atoms with Crippen LogP contribution in [0.15, 0.2) is 89.4 Å². The van der Waals surface area contributed by atoms with Crippen molar-refractivity contribution in [3.05, 3.63) is 117 Å². The molecule has 5 aromatic carbocycles. The minimum absolute atomic E-state index is 0.194. The number of hydrogen-bond donors (Lipinski definition) is 0. The first-order valence-electron chi connectivity index (χ1n) is 18.1. The molecule has 0 N–H and O–H groups in total. The van der Waals surface area contributed by atoms with E-state index < -0.39 is 5.60 Å². The first-order chi connectivity index (χ1) is 25.4. The van der Waals surface area contributed by atoms with Gasteiger partial charge in [-0.2, -0.15) is 0 Å². The lowest BCUT2D eigenvalue weighted by atomic mass is 9.79. The molecule has 3 heterocycles. The van der Waals surface area contributed by atoms with E-state index >= 15 is 0 Å². The minimum atomic E-state index is -0.832. The summed E-state index contributed by atoms with van der Waals surface area (Å²) in [7, 11) is 3.37. The fourth-order valence-corrected chi connectivity index (χ4v) is 8.17. The molecule has 0 fully saturated rings. The molecule has 0 saturated heterocycles. The number of halogens is 3. The Morgan fingerprint density at radius 3 is 2.06 bits per heavy atom. The van der Waals surface area contributed by atoms with Crippen LogP contribution in [0.4, 0.5) is 5.69 Å². The van der Waals surface area contributed by atoms with Gasteiger partial charge in [0, 0.05) is 39.9 Å². The molecule has 0 aliphatic carbocycles. The van der Waals surface area contributed by atoms with Gasteiger partial charge in [0.1, 0.15) is 11.5 Å². The topological polar surface area (TPSA) is 40.2 Å². The highest BCUT2D eigenvalue weighted by atomic mass is 79.9. The van der Waals surface area contributed by atoms with Crippen molar-refractivity contribution < 1.29 is 18.9 Å². The van der Waals surface area contributed by atoms with Crippen LogP contribution in [0.5, 0.6) is 23.0 Å². The molecule has 0 aromatic heterocycles. The molecule has 0 amide bonds. The van der Waals surface area contributed by atoms with Crippen molar-refractivity contribution in [1.82, 2.24) is 0 Å². The molecule has 5 aromatic rings. The third-order valence-corrected chi connectivity index (χ3v) is 10.9. The van der Waals surface area contributed by atoms with Gasteiger partial charge in [-0.1, -0.05) is 53.5 Å². The van der Waals surface area contributed by atoms with E-state index in [0.717, 1.165) is 94.4 Å². The molecular formula is C44H44BrCl2NO4. The number of rotatable bonds is 9. The lowest BCUT2D eigenvalue weighted by Crippen LogP contribution is -2.37. The van der Waals surface area contributed by atoms with Gasteiger partial charge >= 0.3 is 0 Å². The third-order valence-electron chi connectivity index (χ3n) is 10.4. The lowest BCUT2D eigenvalue weighted by molar-refractivity contribution is 0.161. The molecule has 1 atom stereocenters. The predicted molar refractivity (Wildman–Crippen MR) is 219 cm³/mol. The second-order valence-electron chi connectivity index (χ2n) is 13.4. The average Bonchev–Trinajstić information content (AvgIpc) is 3.18. The van der Waals surface area contributed by atoms with E-state index in [0.29, 0.717) is 11.5 Å². The number of nitrogens with zero attached hydrogens (tertiary/aromatic N) is 1. The van der Waals surface area contributed by atoms with Crippen molar-refractivity contribution >= 4 is 61.7 Å². The number of hydrogen-bond acceptors (Lipinski definition) is 5. The van der Waals surface area contributed by atoms with Crippen LogP contribution >= 0.6 is 39.1 Å². The van der Waals surface area contributed by atoms with Crippen molar-refractivity contribution in [2.24, 2.45) is 0 Å². The number of anilines is 1. The maximum absolute atomic E-state index is 7.47. The van der Waals surface area contributed by atoms with Crippen molar-refractivity contribution in [2.45, 2.75) is 51.0 Å². The van der Waals surface area contributed by atoms with E-state index in [1.165, 1.54) is 35.2 Å². The maximum Gasteiger partial charge on any atom is 0.178 e. The largest absolute Gasteiger partial charge is 0.494 e. The average molecular weight is 802 g/mol. The Labute approximate surface area is 325 Å². The highest BCUT2D eigenvalue weighted by molar-refractivity contribution is 9.10. The Bertz CT molecular complexity index is 2050. The highest BCUT2D eigenvalue weighted by Crippen LogP contribution is 2.50. The number of aryl methyl sites for hydroxylation is 2. The lowest BCUT2D eigenvalue weighted by Gasteiger charge is -2.41. The number of fused-ring (bicyclic) bond motifs is 3. The highest BCUT2D eigenvalue weighted by Gasteiger charge is 2.40. The number of benzene rings is 5. The molecule has 0 radical (unpaired) electrons. The summed E-state index contributed by atoms with van der Waals surface area (Å²) in [6, 6.07) is 28.2. The summed E-state index contributed by atoms with van der Waals surface area (Å²) >= 11 is 13.1. The Kier molecular flexibility index (Phi) is 11.3. The van der Waals surface area contributed by atoms with Gasteiger partial charge in [0.15, 0.2) is 17.1 Å². The normalized spacial score (nSPS) is 17.0. The molecular weight excluding hydrogens is 757 g/mol. The van der Waals surface area contributed by atoms with Gasteiger partial charge in [-0.15, -0.1) is 23.2 Å². The van der Waals surface area contributed by atoms with Crippen LogP contribution in [0, 0.1) is 0 Å². The van der Waals surface area contributed by atoms with Crippen LogP contribution in [0.1, 0.15) is 60.4 Å². The zero-order valence-corrected chi connectivity index (χ0v) is 33.0. The fraction of sp³-hybridized carbons (Fsp3) is 0.318. The zero-order valence-electron chi connectivity index (χ0n) is 29.9. The molecule has 8 heteroatoms. The van der Waals surface area contributed by atoms with Gasteiger partial charge in [-0.05, 0) is 132 Å². The summed E-state index contributed by atoms with van der Waals surface area (Å²) in [4.78, 5) is 2.60. The van der Waals surface area contributed by atoms with E-state index in [-0.39, 0.29) is 5.34 Å². The second kappa shape index (κ2) is 16.0. The standard InChI is InChI=1S/C43H42BrNO4.CH2Cl2/c1-4-5-22-48-34-16-12-31(13-17-34)43(32-23-29-8-6-20-45-21-7-9-30(24-32)42(29)45)19-18-35-37-26-40(46-2)41(47-3)27-38(37)36(25-39(35)49-43)28-10-14-33(44)15-11-28;2-1-3/h10-19,23-27H,4-9,20-22H2,1-3H3;1H2. The van der Waals surface area contributed by atoms with Gasteiger partial charge in [0.05, 0.1) is 26.2 Å². The van der Waals surface area contributed by atoms with Gasteiger partial charge in [0.2, 0.25) is 0 Å². The molecule has 5 nitrogen and oxygen atoms in total. The molecule has 0 saturated carbocycles. The fourth-order valence-electron chi connectivity index (χ4n) is 7.90. The molecule has 0 bridgehead atoms. The van der Waals surface area contributed by atoms with Crippen molar-refractivity contribution in [1.29, 1.82) is 0 Å². The van der Waals surface area contributed by atoms with E-state index in [1.54, 1.807) is 14.2 Å². The molecule has 3 aliphatic heterocycles. The summed E-state index contributed by atoms with van der Waals surface area (Å²) < 4.78 is 26.2. The van der Waals surface area contributed by atoms with Gasteiger partial charge in [0.25, 0.3) is 0 Å². The number of unbranched alkanes of at least 4 members (excludes halogenated alkanes) is 1. The number of ether oxygens (including phenoxy) is 4. The van der Waals surface area contributed by atoms with Crippen LogP contribution < -0.4 is 23.8 Å². The molecule has 1 unspecified atom stereocenters. The van der Waals surface area contributed by atoms with Crippen molar-refractivity contribution in [2.75, 3.05) is 44.2 Å². The molecule has 0 spiro atoms. The first kappa shape index (κ1) is 36.5. The van der Waals surface area contributed by atoms with Gasteiger partial charge < -0.3 is 23.8 Å². The Morgan fingerprint density at radius 2 is 1.44 bits per heavy atom. The summed E-state index contributed by atoms with van der Waals surface area (Å²) in [6.07, 6.45) is 11.2.